The first-order valence-electron chi connectivity index (χ1n) is 8.29. The van der Waals surface area contributed by atoms with Gasteiger partial charge in [-0.1, -0.05) is 20.8 Å². The van der Waals surface area contributed by atoms with Crippen molar-refractivity contribution in [1.29, 1.82) is 0 Å². The number of likely N-dealkylation sites (tertiary alicyclic amines) is 1. The first-order chi connectivity index (χ1) is 11.0. The van der Waals surface area contributed by atoms with Crippen molar-refractivity contribution in [2.24, 2.45) is 12.5 Å². The lowest BCUT2D eigenvalue weighted by Crippen LogP contribution is -2.59. The molecule has 1 aromatic heterocycles. The zero-order valence-corrected chi connectivity index (χ0v) is 14.9. The fourth-order valence-corrected chi connectivity index (χ4v) is 3.82. The minimum Gasteiger partial charge on any atom is -0.482 e. The lowest BCUT2D eigenvalue weighted by atomic mass is 9.72. The van der Waals surface area contributed by atoms with Gasteiger partial charge in [-0.05, 0) is 12.3 Å². The molecular weight excluding hydrogens is 310 g/mol. The molecule has 2 aliphatic heterocycles. The summed E-state index contributed by atoms with van der Waals surface area (Å²) in [6.07, 6.45) is 0.384. The highest BCUT2D eigenvalue weighted by molar-refractivity contribution is 5.98. The number of amides is 1. The van der Waals surface area contributed by atoms with Crippen molar-refractivity contribution in [3.63, 3.8) is 0 Å². The molecule has 7 nitrogen and oxygen atoms in total. The van der Waals surface area contributed by atoms with Crippen LogP contribution in [0, 0.1) is 12.3 Å². The van der Waals surface area contributed by atoms with Crippen LogP contribution >= 0.6 is 0 Å². The maximum Gasteiger partial charge on any atom is 0.407 e. The number of aromatic nitrogens is 2. The van der Waals surface area contributed by atoms with Crippen molar-refractivity contribution in [3.8, 4) is 5.75 Å². The van der Waals surface area contributed by atoms with E-state index in [1.807, 2.05) is 27.7 Å². The van der Waals surface area contributed by atoms with Crippen LogP contribution in [0.1, 0.15) is 56.2 Å². The Bertz CT molecular complexity index is 703. The van der Waals surface area contributed by atoms with Gasteiger partial charge in [0.25, 0.3) is 0 Å². The van der Waals surface area contributed by atoms with E-state index in [0.717, 1.165) is 5.69 Å². The molecule has 1 aromatic rings. The van der Waals surface area contributed by atoms with Gasteiger partial charge in [-0.2, -0.15) is 5.10 Å². The fraction of sp³-hybridized carbons (Fsp3) is 0.706. The SMILES string of the molecule is Cc1c2c(nn1C)C(=O)CC1(CCN(C(=O)O)C(C(C)(C)C)C1)O2. The summed E-state index contributed by atoms with van der Waals surface area (Å²) in [6.45, 7) is 8.33. The van der Waals surface area contributed by atoms with Gasteiger partial charge in [0.2, 0.25) is 0 Å². The van der Waals surface area contributed by atoms with Gasteiger partial charge in [0.1, 0.15) is 5.60 Å². The van der Waals surface area contributed by atoms with E-state index in [1.54, 1.807) is 11.7 Å². The molecule has 0 aliphatic carbocycles. The summed E-state index contributed by atoms with van der Waals surface area (Å²) < 4.78 is 7.97. The third kappa shape index (κ3) is 2.56. The number of carbonyl (C=O) groups excluding carboxylic acids is 1. The normalized spacial score (nSPS) is 27.1. The lowest BCUT2D eigenvalue weighted by molar-refractivity contribution is -0.0525. The lowest BCUT2D eigenvalue weighted by Gasteiger charge is -2.50. The number of rotatable bonds is 0. The standard InChI is InChI=1S/C17H25N3O4/c1-10-14-13(18-19(10)5)11(21)8-17(24-14)6-7-20(15(22)23)12(9-17)16(2,3)4/h12H,6-9H2,1-5H3,(H,22,23). The number of nitrogens with zero attached hydrogens (tertiary/aromatic N) is 3. The van der Waals surface area contributed by atoms with E-state index in [1.165, 1.54) is 4.90 Å². The highest BCUT2D eigenvalue weighted by Crippen LogP contribution is 2.45. The zero-order chi connectivity index (χ0) is 17.9. The Morgan fingerprint density at radius 2 is 2.08 bits per heavy atom. The van der Waals surface area contributed by atoms with Crippen molar-refractivity contribution in [2.45, 2.75) is 58.6 Å². The Morgan fingerprint density at radius 1 is 1.42 bits per heavy atom. The maximum atomic E-state index is 12.6. The number of aryl methyl sites for hydroxylation is 1. The number of hydrogen-bond acceptors (Lipinski definition) is 4. The van der Waals surface area contributed by atoms with Gasteiger partial charge in [0, 0.05) is 32.5 Å². The highest BCUT2D eigenvalue weighted by atomic mass is 16.5. The van der Waals surface area contributed by atoms with Crippen LogP contribution in [0.4, 0.5) is 4.79 Å². The van der Waals surface area contributed by atoms with Gasteiger partial charge in [0.15, 0.2) is 17.2 Å². The molecular formula is C17H25N3O4. The minimum absolute atomic E-state index is 0.0172. The molecule has 1 spiro atoms. The van der Waals surface area contributed by atoms with Gasteiger partial charge < -0.3 is 14.7 Å². The minimum atomic E-state index is -0.912. The quantitative estimate of drug-likeness (QED) is 0.788. The molecule has 1 amide bonds. The second-order valence-corrected chi connectivity index (χ2v) is 8.08. The molecule has 1 fully saturated rings. The van der Waals surface area contributed by atoms with Crippen LogP contribution in [-0.2, 0) is 7.05 Å². The van der Waals surface area contributed by atoms with Gasteiger partial charge in [-0.3, -0.25) is 9.48 Å². The number of fused-ring (bicyclic) bond motifs is 1. The van der Waals surface area contributed by atoms with Crippen LogP contribution in [0.2, 0.25) is 0 Å². The second-order valence-electron chi connectivity index (χ2n) is 8.08. The van der Waals surface area contributed by atoms with Crippen LogP contribution in [0.3, 0.4) is 0 Å². The topological polar surface area (TPSA) is 84.7 Å². The van der Waals surface area contributed by atoms with E-state index in [-0.39, 0.29) is 23.7 Å². The Labute approximate surface area is 141 Å². The zero-order valence-electron chi connectivity index (χ0n) is 14.9. The Hall–Kier alpha value is -2.05. The van der Waals surface area contributed by atoms with E-state index < -0.39 is 11.7 Å². The number of piperidine rings is 1. The first-order valence-corrected chi connectivity index (χ1v) is 8.29. The smallest absolute Gasteiger partial charge is 0.407 e. The predicted octanol–water partition coefficient (Wildman–Crippen LogP) is 2.62. The van der Waals surface area contributed by atoms with Crippen molar-refractivity contribution in [3.05, 3.63) is 11.4 Å². The van der Waals surface area contributed by atoms with Crippen molar-refractivity contribution >= 4 is 11.9 Å². The van der Waals surface area contributed by atoms with E-state index >= 15 is 0 Å². The Morgan fingerprint density at radius 3 is 2.67 bits per heavy atom. The summed E-state index contributed by atoms with van der Waals surface area (Å²) >= 11 is 0. The summed E-state index contributed by atoms with van der Waals surface area (Å²) in [5, 5.41) is 13.8. The number of hydrogen-bond donors (Lipinski definition) is 1. The molecule has 3 rings (SSSR count). The molecule has 132 valence electrons. The first kappa shape index (κ1) is 16.8. The molecule has 0 aromatic carbocycles. The van der Waals surface area contributed by atoms with Crippen LogP contribution in [0.5, 0.6) is 5.75 Å². The monoisotopic (exact) mass is 335 g/mol. The predicted molar refractivity (Wildman–Crippen MR) is 87.5 cm³/mol. The number of ketones is 1. The van der Waals surface area contributed by atoms with Crippen LogP contribution in [-0.4, -0.2) is 49.9 Å². The van der Waals surface area contributed by atoms with Crippen LogP contribution < -0.4 is 4.74 Å². The molecule has 1 saturated heterocycles. The van der Waals surface area contributed by atoms with E-state index in [9.17, 15) is 14.7 Å². The summed E-state index contributed by atoms with van der Waals surface area (Å²) in [7, 11) is 1.79. The van der Waals surface area contributed by atoms with E-state index in [2.05, 4.69) is 5.10 Å². The molecule has 3 heterocycles. The van der Waals surface area contributed by atoms with Crippen molar-refractivity contribution in [2.75, 3.05) is 6.54 Å². The number of carbonyl (C=O) groups is 2. The number of ether oxygens (including phenoxy) is 1. The molecule has 24 heavy (non-hydrogen) atoms. The van der Waals surface area contributed by atoms with Crippen molar-refractivity contribution in [1.82, 2.24) is 14.7 Å². The van der Waals surface area contributed by atoms with Gasteiger partial charge in [-0.15, -0.1) is 0 Å². The fourth-order valence-electron chi connectivity index (χ4n) is 3.82. The highest BCUT2D eigenvalue weighted by Gasteiger charge is 2.51. The van der Waals surface area contributed by atoms with Crippen LogP contribution in [0.15, 0.2) is 0 Å². The Balaban J connectivity index is 1.96. The Kier molecular flexibility index (Phi) is 3.66. The van der Waals surface area contributed by atoms with Gasteiger partial charge in [-0.25, -0.2) is 4.79 Å². The molecule has 2 atom stereocenters. The summed E-state index contributed by atoms with van der Waals surface area (Å²) in [6, 6.07) is -0.199. The summed E-state index contributed by atoms with van der Waals surface area (Å²) in [5.41, 5.74) is 0.351. The molecule has 0 saturated carbocycles. The second kappa shape index (κ2) is 5.22. The van der Waals surface area contributed by atoms with E-state index in [0.29, 0.717) is 30.8 Å². The summed E-state index contributed by atoms with van der Waals surface area (Å²) in [4.78, 5) is 25.7. The third-order valence-corrected chi connectivity index (χ3v) is 5.34. The molecule has 7 heteroatoms. The molecule has 0 radical (unpaired) electrons. The number of Topliss-reactive ketones (excluding diaryl/α,β-unsaturated/α-hetero) is 1. The number of carboxylic acid groups (broad SMARTS) is 1. The summed E-state index contributed by atoms with van der Waals surface area (Å²) in [5.74, 6) is 0.543. The molecule has 2 unspecified atom stereocenters. The molecule has 1 N–H and O–H groups in total. The largest absolute Gasteiger partial charge is 0.482 e. The van der Waals surface area contributed by atoms with Crippen LogP contribution in [0.25, 0.3) is 0 Å². The molecule has 2 aliphatic rings. The van der Waals surface area contributed by atoms with Gasteiger partial charge >= 0.3 is 6.09 Å². The maximum absolute atomic E-state index is 12.6. The average Bonchev–Trinajstić information content (AvgIpc) is 2.74. The molecule has 0 bridgehead atoms. The van der Waals surface area contributed by atoms with E-state index in [4.69, 9.17) is 4.74 Å². The third-order valence-electron chi connectivity index (χ3n) is 5.34. The van der Waals surface area contributed by atoms with Crippen molar-refractivity contribution < 1.29 is 19.4 Å². The van der Waals surface area contributed by atoms with Gasteiger partial charge in [0.05, 0.1) is 12.1 Å². The average molecular weight is 335 g/mol.